The summed E-state index contributed by atoms with van der Waals surface area (Å²) >= 11 is 1.47. The molecule has 1 saturated heterocycles. The largest absolute Gasteiger partial charge is 0.366 e. The first kappa shape index (κ1) is 21.5. The van der Waals surface area contributed by atoms with E-state index in [1.807, 2.05) is 35.2 Å². The van der Waals surface area contributed by atoms with Gasteiger partial charge in [0.1, 0.15) is 10.8 Å². The lowest BCUT2D eigenvalue weighted by atomic mass is 10.2. The van der Waals surface area contributed by atoms with Gasteiger partial charge in [0.05, 0.1) is 16.9 Å². The Balaban J connectivity index is 1.27. The first-order chi connectivity index (χ1) is 16.1. The maximum absolute atomic E-state index is 14.1. The Labute approximate surface area is 196 Å². The molecule has 0 atom stereocenters. The minimum Gasteiger partial charge on any atom is -0.366 e. The molecule has 0 saturated carbocycles. The second-order valence-electron chi connectivity index (χ2n) is 7.95. The van der Waals surface area contributed by atoms with Gasteiger partial charge in [0, 0.05) is 50.2 Å². The normalized spacial score (nSPS) is 15.7. The molecule has 2 aliphatic rings. The molecule has 1 fully saturated rings. The van der Waals surface area contributed by atoms with Crippen molar-refractivity contribution in [1.82, 2.24) is 9.88 Å². The van der Waals surface area contributed by atoms with Crippen LogP contribution in [0.15, 0.2) is 76.8 Å². The summed E-state index contributed by atoms with van der Waals surface area (Å²) < 4.78 is 14.1. The van der Waals surface area contributed by atoms with Gasteiger partial charge in [-0.05, 0) is 36.4 Å². The zero-order valence-electron chi connectivity index (χ0n) is 18.0. The lowest BCUT2D eigenvalue weighted by Gasteiger charge is -2.36. The zero-order valence-corrected chi connectivity index (χ0v) is 18.8. The minimum absolute atomic E-state index is 0.00299. The van der Waals surface area contributed by atoms with Gasteiger partial charge in [-0.2, -0.15) is 0 Å². The van der Waals surface area contributed by atoms with Crippen LogP contribution in [0, 0.1) is 5.82 Å². The van der Waals surface area contributed by atoms with Crippen molar-refractivity contribution in [3.63, 3.8) is 0 Å². The van der Waals surface area contributed by atoms with Gasteiger partial charge < -0.3 is 14.7 Å². The molecule has 0 unspecified atom stereocenters. The number of benzene rings is 2. The van der Waals surface area contributed by atoms with Crippen LogP contribution >= 0.6 is 11.8 Å². The van der Waals surface area contributed by atoms with Crippen LogP contribution in [0.5, 0.6) is 0 Å². The highest BCUT2D eigenvalue weighted by molar-refractivity contribution is 7.99. The average molecular weight is 463 g/mol. The van der Waals surface area contributed by atoms with Crippen molar-refractivity contribution >= 4 is 35.0 Å². The molecule has 2 amide bonds. The third-order valence-corrected chi connectivity index (χ3v) is 7.07. The Bertz CT molecular complexity index is 1200. The van der Waals surface area contributed by atoms with E-state index in [0.717, 1.165) is 10.6 Å². The third-order valence-electron chi connectivity index (χ3n) is 5.98. The zero-order chi connectivity index (χ0) is 22.8. The molecule has 1 aromatic heterocycles. The van der Waals surface area contributed by atoms with E-state index >= 15 is 0 Å². The van der Waals surface area contributed by atoms with Gasteiger partial charge in [-0.15, -0.1) is 0 Å². The summed E-state index contributed by atoms with van der Waals surface area (Å²) in [5.74, 6) is -0.396. The smallest absolute Gasteiger partial charge is 0.261 e. The van der Waals surface area contributed by atoms with Crippen molar-refractivity contribution in [3.05, 3.63) is 78.2 Å². The van der Waals surface area contributed by atoms with Gasteiger partial charge in [0.25, 0.3) is 5.91 Å². The van der Waals surface area contributed by atoms with Gasteiger partial charge in [-0.25, -0.2) is 9.37 Å². The summed E-state index contributed by atoms with van der Waals surface area (Å²) in [5.41, 5.74) is 1.91. The number of rotatable bonds is 4. The number of nitrogens with zero attached hydrogens (tertiary/aromatic N) is 4. The second kappa shape index (κ2) is 9.23. The van der Waals surface area contributed by atoms with E-state index in [9.17, 15) is 14.0 Å². The average Bonchev–Trinajstić information content (AvgIpc) is 2.97. The maximum atomic E-state index is 14.1. The molecule has 3 heterocycles. The van der Waals surface area contributed by atoms with Crippen molar-refractivity contribution < 1.29 is 14.0 Å². The van der Waals surface area contributed by atoms with Crippen molar-refractivity contribution in [3.8, 4) is 0 Å². The van der Waals surface area contributed by atoms with Crippen molar-refractivity contribution in [2.24, 2.45) is 0 Å². The molecule has 8 heteroatoms. The molecule has 33 heavy (non-hydrogen) atoms. The number of fused-ring (bicyclic) bond motifs is 2. The third kappa shape index (κ3) is 4.30. The first-order valence-electron chi connectivity index (χ1n) is 10.9. The topological polar surface area (TPSA) is 56.8 Å². The van der Waals surface area contributed by atoms with E-state index < -0.39 is 0 Å². The summed E-state index contributed by atoms with van der Waals surface area (Å²) in [7, 11) is 0. The van der Waals surface area contributed by atoms with E-state index in [2.05, 4.69) is 4.98 Å². The molecule has 0 spiro atoms. The fourth-order valence-corrected chi connectivity index (χ4v) is 5.27. The number of aromatic nitrogens is 1. The molecule has 0 aliphatic carbocycles. The summed E-state index contributed by atoms with van der Waals surface area (Å²) in [6, 6.07) is 17.9. The van der Waals surface area contributed by atoms with Crippen LogP contribution in [-0.2, 0) is 4.79 Å². The van der Waals surface area contributed by atoms with E-state index in [4.69, 9.17) is 0 Å². The van der Waals surface area contributed by atoms with Gasteiger partial charge in [0.2, 0.25) is 5.91 Å². The molecular weight excluding hydrogens is 439 g/mol. The predicted octanol–water partition coefficient (Wildman–Crippen LogP) is 4.07. The van der Waals surface area contributed by atoms with Crippen molar-refractivity contribution in [1.29, 1.82) is 0 Å². The lowest BCUT2D eigenvalue weighted by molar-refractivity contribution is -0.131. The summed E-state index contributed by atoms with van der Waals surface area (Å²) in [6.07, 6.45) is 1.90. The molecule has 5 rings (SSSR count). The number of pyridine rings is 1. The Morgan fingerprint density at radius 2 is 1.67 bits per heavy atom. The van der Waals surface area contributed by atoms with Gasteiger partial charge >= 0.3 is 0 Å². The summed E-state index contributed by atoms with van der Waals surface area (Å²) in [5, 5.41) is 0.674. The highest BCUT2D eigenvalue weighted by atomic mass is 32.2. The fraction of sp³-hybridized carbons (Fsp3) is 0.240. The second-order valence-corrected chi connectivity index (χ2v) is 8.98. The number of hydrogen-bond acceptors (Lipinski definition) is 5. The molecule has 0 radical (unpaired) electrons. The molecule has 0 N–H and O–H groups in total. The van der Waals surface area contributed by atoms with Crippen LogP contribution in [0.25, 0.3) is 0 Å². The molecule has 2 aromatic carbocycles. The van der Waals surface area contributed by atoms with Crippen LogP contribution in [0.3, 0.4) is 0 Å². The standard InChI is InChI=1S/C25H23FN4O2S/c26-19-7-1-2-8-20(19)28-14-16-29(17-15-28)23(31)11-13-30-21-9-3-4-10-22(21)33-24-18(25(30)32)6-5-12-27-24/h1-10,12H,11,13-17H2. The Hall–Kier alpha value is -3.39. The first-order valence-corrected chi connectivity index (χ1v) is 11.7. The number of hydrogen-bond donors (Lipinski definition) is 0. The summed E-state index contributed by atoms with van der Waals surface area (Å²) in [4.78, 5) is 37.1. The van der Waals surface area contributed by atoms with Crippen LogP contribution in [-0.4, -0.2) is 54.4 Å². The van der Waals surface area contributed by atoms with E-state index in [-0.39, 0.29) is 30.6 Å². The number of halogens is 1. The molecule has 2 aliphatic heterocycles. The minimum atomic E-state index is -0.247. The molecule has 0 bridgehead atoms. The number of carbonyl (C=O) groups excluding carboxylic acids is 2. The molecular formula is C25H23FN4O2S. The van der Waals surface area contributed by atoms with E-state index in [1.165, 1.54) is 17.8 Å². The number of anilines is 2. The van der Waals surface area contributed by atoms with Crippen LogP contribution < -0.4 is 9.80 Å². The molecule has 168 valence electrons. The number of carbonyl (C=O) groups is 2. The summed E-state index contributed by atoms with van der Waals surface area (Å²) in [6.45, 7) is 2.50. The van der Waals surface area contributed by atoms with Gasteiger partial charge in [0.15, 0.2) is 0 Å². The predicted molar refractivity (Wildman–Crippen MR) is 126 cm³/mol. The molecule has 6 nitrogen and oxygen atoms in total. The van der Waals surface area contributed by atoms with Crippen LogP contribution in [0.4, 0.5) is 15.8 Å². The van der Waals surface area contributed by atoms with E-state index in [0.29, 0.717) is 42.5 Å². The number of piperazine rings is 1. The Morgan fingerprint density at radius 3 is 2.45 bits per heavy atom. The number of para-hydroxylation sites is 2. The highest BCUT2D eigenvalue weighted by Crippen LogP contribution is 2.40. The van der Waals surface area contributed by atoms with Crippen LogP contribution in [0.2, 0.25) is 0 Å². The fourth-order valence-electron chi connectivity index (χ4n) is 4.25. The highest BCUT2D eigenvalue weighted by Gasteiger charge is 2.29. The van der Waals surface area contributed by atoms with E-state index in [1.54, 1.807) is 40.3 Å². The monoisotopic (exact) mass is 462 g/mol. The van der Waals surface area contributed by atoms with Gasteiger partial charge in [-0.3, -0.25) is 9.59 Å². The maximum Gasteiger partial charge on any atom is 0.261 e. The van der Waals surface area contributed by atoms with Crippen molar-refractivity contribution in [2.75, 3.05) is 42.5 Å². The van der Waals surface area contributed by atoms with Crippen molar-refractivity contribution in [2.45, 2.75) is 16.3 Å². The SMILES string of the molecule is O=C(CCN1C(=O)c2cccnc2Sc2ccccc21)N1CCN(c2ccccc2F)CC1. The lowest BCUT2D eigenvalue weighted by Crippen LogP contribution is -2.49. The van der Waals surface area contributed by atoms with Crippen LogP contribution in [0.1, 0.15) is 16.8 Å². The van der Waals surface area contributed by atoms with Gasteiger partial charge in [-0.1, -0.05) is 36.0 Å². The number of amides is 2. The Morgan fingerprint density at radius 1 is 0.939 bits per heavy atom. The quantitative estimate of drug-likeness (QED) is 0.585. The molecule has 3 aromatic rings. The Kier molecular flexibility index (Phi) is 6.00.